The number of nitrogens with zero attached hydrogens (tertiary/aromatic N) is 1. The second-order valence-electron chi connectivity index (χ2n) is 3.98. The van der Waals surface area contributed by atoms with Gasteiger partial charge in [-0.2, -0.15) is 0 Å². The van der Waals surface area contributed by atoms with Crippen molar-refractivity contribution < 1.29 is 4.79 Å². The SMILES string of the molecule is CNC(=O)N(Cc1ccccc1N)C(C)C. The van der Waals surface area contributed by atoms with Crippen LogP contribution in [0.2, 0.25) is 0 Å². The topological polar surface area (TPSA) is 58.4 Å². The molecule has 0 aliphatic carbocycles. The van der Waals surface area contributed by atoms with Crippen molar-refractivity contribution in [3.05, 3.63) is 29.8 Å². The lowest BCUT2D eigenvalue weighted by Crippen LogP contribution is -2.42. The van der Waals surface area contributed by atoms with Crippen molar-refractivity contribution in [2.24, 2.45) is 0 Å². The number of nitrogens with two attached hydrogens (primary N) is 1. The number of carbonyl (C=O) groups excluding carboxylic acids is 1. The van der Waals surface area contributed by atoms with E-state index in [9.17, 15) is 4.79 Å². The summed E-state index contributed by atoms with van der Waals surface area (Å²) in [5.41, 5.74) is 7.54. The van der Waals surface area contributed by atoms with Gasteiger partial charge in [-0.15, -0.1) is 0 Å². The Kier molecular flexibility index (Phi) is 4.17. The number of para-hydroxylation sites is 1. The molecule has 2 amide bonds. The van der Waals surface area contributed by atoms with E-state index in [2.05, 4.69) is 5.32 Å². The Hall–Kier alpha value is -1.71. The number of urea groups is 1. The minimum absolute atomic E-state index is 0.0850. The molecule has 3 N–H and O–H groups in total. The number of nitrogens with one attached hydrogen (secondary N) is 1. The molecule has 0 aromatic heterocycles. The van der Waals surface area contributed by atoms with E-state index in [1.807, 2.05) is 38.1 Å². The zero-order valence-corrected chi connectivity index (χ0v) is 10.0. The fourth-order valence-electron chi connectivity index (χ4n) is 1.49. The summed E-state index contributed by atoms with van der Waals surface area (Å²) in [4.78, 5) is 13.4. The molecule has 0 fully saturated rings. The fraction of sp³-hybridized carbons (Fsp3) is 0.417. The Labute approximate surface area is 96.4 Å². The number of hydrogen-bond acceptors (Lipinski definition) is 2. The second-order valence-corrected chi connectivity index (χ2v) is 3.98. The van der Waals surface area contributed by atoms with Crippen molar-refractivity contribution in [2.45, 2.75) is 26.4 Å². The normalized spacial score (nSPS) is 10.2. The van der Waals surface area contributed by atoms with Crippen LogP contribution in [0.3, 0.4) is 0 Å². The van der Waals surface area contributed by atoms with Gasteiger partial charge >= 0.3 is 6.03 Å². The number of rotatable bonds is 3. The smallest absolute Gasteiger partial charge is 0.317 e. The Morgan fingerprint density at radius 1 is 1.44 bits per heavy atom. The van der Waals surface area contributed by atoms with E-state index in [1.54, 1.807) is 11.9 Å². The summed E-state index contributed by atoms with van der Waals surface area (Å²) in [5.74, 6) is 0. The number of amides is 2. The van der Waals surface area contributed by atoms with Gasteiger partial charge in [0.2, 0.25) is 0 Å². The van der Waals surface area contributed by atoms with Gasteiger partial charge in [0.1, 0.15) is 0 Å². The molecule has 0 aliphatic heterocycles. The van der Waals surface area contributed by atoms with E-state index < -0.39 is 0 Å². The number of nitrogen functional groups attached to an aromatic ring is 1. The molecule has 0 aliphatic rings. The third kappa shape index (κ3) is 2.89. The summed E-state index contributed by atoms with van der Waals surface area (Å²) < 4.78 is 0. The Morgan fingerprint density at radius 2 is 2.06 bits per heavy atom. The highest BCUT2D eigenvalue weighted by Gasteiger charge is 2.16. The molecule has 88 valence electrons. The first-order valence-electron chi connectivity index (χ1n) is 5.38. The Balaban J connectivity index is 2.84. The summed E-state index contributed by atoms with van der Waals surface area (Å²) in [6.07, 6.45) is 0. The average Bonchev–Trinajstić information content (AvgIpc) is 2.26. The van der Waals surface area contributed by atoms with E-state index >= 15 is 0 Å². The van der Waals surface area contributed by atoms with E-state index in [0.717, 1.165) is 11.3 Å². The maximum absolute atomic E-state index is 11.6. The van der Waals surface area contributed by atoms with Gasteiger partial charge in [0.25, 0.3) is 0 Å². The molecule has 1 aromatic carbocycles. The van der Waals surface area contributed by atoms with Crippen LogP contribution in [-0.2, 0) is 6.54 Å². The lowest BCUT2D eigenvalue weighted by Gasteiger charge is -2.26. The molecule has 0 atom stereocenters. The third-order valence-electron chi connectivity index (χ3n) is 2.49. The van der Waals surface area contributed by atoms with E-state index in [1.165, 1.54) is 0 Å². The van der Waals surface area contributed by atoms with Crippen molar-refractivity contribution in [1.29, 1.82) is 0 Å². The van der Waals surface area contributed by atoms with Gasteiger partial charge in [-0.05, 0) is 25.5 Å². The molecule has 16 heavy (non-hydrogen) atoms. The number of carbonyl (C=O) groups is 1. The van der Waals surface area contributed by atoms with Crippen LogP contribution >= 0.6 is 0 Å². The lowest BCUT2D eigenvalue weighted by molar-refractivity contribution is 0.182. The second kappa shape index (κ2) is 5.39. The van der Waals surface area contributed by atoms with Crippen LogP contribution in [0, 0.1) is 0 Å². The number of hydrogen-bond donors (Lipinski definition) is 2. The largest absolute Gasteiger partial charge is 0.398 e. The van der Waals surface area contributed by atoms with Gasteiger partial charge in [-0.3, -0.25) is 0 Å². The molecule has 0 saturated heterocycles. The van der Waals surface area contributed by atoms with Gasteiger partial charge < -0.3 is 16.0 Å². The third-order valence-corrected chi connectivity index (χ3v) is 2.49. The molecule has 0 heterocycles. The summed E-state index contributed by atoms with van der Waals surface area (Å²) in [6.45, 7) is 4.49. The molecule has 4 heteroatoms. The van der Waals surface area contributed by atoms with Crippen LogP contribution in [0.25, 0.3) is 0 Å². The van der Waals surface area contributed by atoms with Gasteiger partial charge in [0, 0.05) is 25.3 Å². The molecule has 1 rings (SSSR count). The highest BCUT2D eigenvalue weighted by atomic mass is 16.2. The van der Waals surface area contributed by atoms with Crippen LogP contribution in [-0.4, -0.2) is 24.0 Å². The lowest BCUT2D eigenvalue weighted by atomic mass is 10.1. The molecule has 0 bridgehead atoms. The van der Waals surface area contributed by atoms with Crippen molar-refractivity contribution in [2.75, 3.05) is 12.8 Å². The van der Waals surface area contributed by atoms with E-state index in [4.69, 9.17) is 5.73 Å². The maximum Gasteiger partial charge on any atom is 0.317 e. The molecule has 0 spiro atoms. The standard InChI is InChI=1S/C12H19N3O/c1-9(2)15(12(16)14-3)8-10-6-4-5-7-11(10)13/h4-7,9H,8,13H2,1-3H3,(H,14,16). The molecule has 0 radical (unpaired) electrons. The van der Waals surface area contributed by atoms with Gasteiger partial charge in [0.15, 0.2) is 0 Å². The van der Waals surface area contributed by atoms with Crippen LogP contribution in [0.15, 0.2) is 24.3 Å². The zero-order chi connectivity index (χ0) is 12.1. The van der Waals surface area contributed by atoms with Crippen LogP contribution in [0.4, 0.5) is 10.5 Å². The van der Waals surface area contributed by atoms with Gasteiger partial charge in [0.05, 0.1) is 0 Å². The van der Waals surface area contributed by atoms with Crippen LogP contribution in [0.5, 0.6) is 0 Å². The van der Waals surface area contributed by atoms with Crippen LogP contribution < -0.4 is 11.1 Å². The first-order valence-corrected chi connectivity index (χ1v) is 5.38. The van der Waals surface area contributed by atoms with Gasteiger partial charge in [-0.1, -0.05) is 18.2 Å². The van der Waals surface area contributed by atoms with Crippen LogP contribution in [0.1, 0.15) is 19.4 Å². The predicted octanol–water partition coefficient (Wildman–Crippen LogP) is 1.82. The van der Waals surface area contributed by atoms with E-state index in [0.29, 0.717) is 6.54 Å². The highest BCUT2D eigenvalue weighted by Crippen LogP contribution is 2.15. The summed E-state index contributed by atoms with van der Waals surface area (Å²) >= 11 is 0. The average molecular weight is 221 g/mol. The summed E-state index contributed by atoms with van der Waals surface area (Å²) in [6, 6.07) is 7.65. The first kappa shape index (κ1) is 12.4. The number of benzene rings is 1. The van der Waals surface area contributed by atoms with Crippen molar-refractivity contribution >= 4 is 11.7 Å². The molecule has 0 unspecified atom stereocenters. The molecular formula is C12H19N3O. The fourth-order valence-corrected chi connectivity index (χ4v) is 1.49. The Bertz CT molecular complexity index is 363. The molecular weight excluding hydrogens is 202 g/mol. The monoisotopic (exact) mass is 221 g/mol. The molecule has 1 aromatic rings. The van der Waals surface area contributed by atoms with Crippen molar-refractivity contribution in [1.82, 2.24) is 10.2 Å². The minimum Gasteiger partial charge on any atom is -0.398 e. The Morgan fingerprint density at radius 3 is 2.56 bits per heavy atom. The van der Waals surface area contributed by atoms with E-state index in [-0.39, 0.29) is 12.1 Å². The maximum atomic E-state index is 11.6. The highest BCUT2D eigenvalue weighted by molar-refractivity contribution is 5.74. The van der Waals surface area contributed by atoms with Gasteiger partial charge in [-0.25, -0.2) is 4.79 Å². The quantitative estimate of drug-likeness (QED) is 0.765. The molecule has 0 saturated carbocycles. The number of anilines is 1. The molecule has 4 nitrogen and oxygen atoms in total. The first-order chi connectivity index (χ1) is 7.56. The summed E-state index contributed by atoms with van der Waals surface area (Å²) in [7, 11) is 1.63. The van der Waals surface area contributed by atoms with Crippen molar-refractivity contribution in [3.63, 3.8) is 0 Å². The van der Waals surface area contributed by atoms with Crippen molar-refractivity contribution in [3.8, 4) is 0 Å². The minimum atomic E-state index is -0.0850. The zero-order valence-electron chi connectivity index (χ0n) is 10.0. The summed E-state index contributed by atoms with van der Waals surface area (Å²) in [5, 5.41) is 2.63. The predicted molar refractivity (Wildman–Crippen MR) is 66.0 cm³/mol.